The van der Waals surface area contributed by atoms with E-state index in [2.05, 4.69) is 0 Å². The van der Waals surface area contributed by atoms with Crippen molar-refractivity contribution in [1.82, 2.24) is 9.80 Å². The summed E-state index contributed by atoms with van der Waals surface area (Å²) >= 11 is 0. The summed E-state index contributed by atoms with van der Waals surface area (Å²) in [5.41, 5.74) is 2.17. The molecule has 27 heavy (non-hydrogen) atoms. The van der Waals surface area contributed by atoms with Crippen molar-refractivity contribution in [2.45, 2.75) is 39.5 Å². The summed E-state index contributed by atoms with van der Waals surface area (Å²) in [4.78, 5) is 47.8. The van der Waals surface area contributed by atoms with Gasteiger partial charge in [-0.2, -0.15) is 0 Å². The molecule has 0 saturated carbocycles. The minimum Gasteiger partial charge on any atom is -0.508 e. The molecule has 1 N–H and O–H groups in total. The van der Waals surface area contributed by atoms with E-state index in [4.69, 9.17) is 5.11 Å². The second-order valence-electron chi connectivity index (χ2n) is 6.23. The van der Waals surface area contributed by atoms with Crippen molar-refractivity contribution in [1.29, 1.82) is 0 Å². The van der Waals surface area contributed by atoms with E-state index in [1.165, 1.54) is 30.1 Å². The molecule has 144 valence electrons. The number of phenolic OH excluding ortho intramolecular Hbond substituents is 1. The lowest BCUT2D eigenvalue weighted by Crippen LogP contribution is -2.26. The number of hydrogen-bond acceptors (Lipinski definition) is 5. The van der Waals surface area contributed by atoms with E-state index in [0.29, 0.717) is 5.56 Å². The van der Waals surface area contributed by atoms with Crippen LogP contribution < -0.4 is 0 Å². The Balaban J connectivity index is 0.000000178. The molecule has 0 atom stereocenters. The molecule has 3 aliphatic rings. The molecule has 0 unspecified atom stereocenters. The molecule has 0 fully saturated rings. The number of likely N-dealkylation sites (N-methyl/N-ethyl adjacent to an activating group) is 1. The highest BCUT2D eigenvalue weighted by Crippen LogP contribution is 2.31. The van der Waals surface area contributed by atoms with E-state index < -0.39 is 0 Å². The minimum absolute atomic E-state index is 0.00444. The molecule has 0 saturated heterocycles. The highest BCUT2D eigenvalue weighted by Gasteiger charge is 2.36. The smallest absolute Gasteiger partial charge is 0.261 e. The van der Waals surface area contributed by atoms with Crippen molar-refractivity contribution in [2.24, 2.45) is 0 Å². The first-order chi connectivity index (χ1) is 12.8. The quantitative estimate of drug-likeness (QED) is 0.706. The largest absolute Gasteiger partial charge is 0.508 e. The number of hydrogen-bond donors (Lipinski definition) is 1. The lowest BCUT2D eigenvalue weighted by atomic mass is 9.93. The maximum atomic E-state index is 11.4. The topological polar surface area (TPSA) is 95.0 Å². The summed E-state index contributed by atoms with van der Waals surface area (Å²) in [5, 5.41) is 9.10. The third-order valence-electron chi connectivity index (χ3n) is 4.67. The van der Waals surface area contributed by atoms with Gasteiger partial charge < -0.3 is 5.11 Å². The van der Waals surface area contributed by atoms with E-state index in [1.54, 1.807) is 7.05 Å². The highest BCUT2D eigenvalue weighted by molar-refractivity contribution is 6.21. The predicted octanol–water partition coefficient (Wildman–Crippen LogP) is 2.50. The normalized spacial score (nSPS) is 17.9. The number of carbonyl (C=O) groups excluding carboxylic acids is 4. The van der Waals surface area contributed by atoms with E-state index in [-0.39, 0.29) is 34.9 Å². The van der Waals surface area contributed by atoms with Crippen LogP contribution in [0.4, 0.5) is 0 Å². The predicted molar refractivity (Wildman–Crippen MR) is 99.1 cm³/mol. The van der Waals surface area contributed by atoms with Gasteiger partial charge in [-0.15, -0.1) is 0 Å². The van der Waals surface area contributed by atoms with Crippen molar-refractivity contribution < 1.29 is 24.3 Å². The van der Waals surface area contributed by atoms with Gasteiger partial charge in [-0.05, 0) is 43.9 Å². The lowest BCUT2D eigenvalue weighted by Gasteiger charge is -2.08. The first-order valence-corrected chi connectivity index (χ1v) is 9.02. The molecule has 1 aliphatic carbocycles. The number of imide groups is 2. The number of amides is 4. The monoisotopic (exact) mass is 372 g/mol. The Morgan fingerprint density at radius 2 is 1.19 bits per heavy atom. The van der Waals surface area contributed by atoms with Crippen LogP contribution in [0.1, 0.15) is 60.2 Å². The van der Waals surface area contributed by atoms with Crippen LogP contribution in [0.25, 0.3) is 0 Å². The van der Waals surface area contributed by atoms with E-state index in [9.17, 15) is 19.2 Å². The van der Waals surface area contributed by atoms with Crippen molar-refractivity contribution in [3.8, 4) is 5.75 Å². The van der Waals surface area contributed by atoms with E-state index >= 15 is 0 Å². The van der Waals surface area contributed by atoms with Gasteiger partial charge in [0.05, 0.1) is 11.1 Å². The Morgan fingerprint density at radius 1 is 0.741 bits per heavy atom. The van der Waals surface area contributed by atoms with Crippen LogP contribution >= 0.6 is 0 Å². The molecule has 7 nitrogen and oxygen atoms in total. The Labute approximate surface area is 158 Å². The SMILES string of the molecule is CC.CN1C(=O)C2=C(CCCC2)C1=O.CN1C(=O)c2ccc(O)cc2C1=O. The third kappa shape index (κ3) is 3.63. The molecule has 0 spiro atoms. The Bertz CT molecular complexity index is 813. The van der Waals surface area contributed by atoms with Gasteiger partial charge in [0.15, 0.2) is 0 Å². The molecule has 0 bridgehead atoms. The van der Waals surface area contributed by atoms with E-state index in [1.807, 2.05) is 13.8 Å². The summed E-state index contributed by atoms with van der Waals surface area (Å²) in [6.45, 7) is 4.00. The number of fused-ring (bicyclic) bond motifs is 1. The number of benzene rings is 1. The average molecular weight is 372 g/mol. The van der Waals surface area contributed by atoms with Crippen LogP contribution in [0.3, 0.4) is 0 Å². The third-order valence-corrected chi connectivity index (χ3v) is 4.67. The van der Waals surface area contributed by atoms with Crippen LogP contribution in [0.5, 0.6) is 5.75 Å². The molecular formula is C20H24N2O5. The Morgan fingerprint density at radius 3 is 1.70 bits per heavy atom. The number of carbonyl (C=O) groups is 4. The lowest BCUT2D eigenvalue weighted by molar-refractivity contribution is -0.136. The molecule has 0 aromatic heterocycles. The number of nitrogens with zero attached hydrogens (tertiary/aromatic N) is 2. The fraction of sp³-hybridized carbons (Fsp3) is 0.400. The summed E-state index contributed by atoms with van der Waals surface area (Å²) in [5.74, 6) is -0.837. The van der Waals surface area contributed by atoms with Crippen LogP contribution in [0, 0.1) is 0 Å². The molecule has 7 heteroatoms. The van der Waals surface area contributed by atoms with Crippen LogP contribution in [-0.2, 0) is 9.59 Å². The van der Waals surface area contributed by atoms with Gasteiger partial charge in [0, 0.05) is 25.2 Å². The maximum Gasteiger partial charge on any atom is 0.261 e. The molecular weight excluding hydrogens is 348 g/mol. The zero-order valence-electron chi connectivity index (χ0n) is 16.0. The molecule has 4 rings (SSSR count). The van der Waals surface area contributed by atoms with E-state index in [0.717, 1.165) is 41.7 Å². The summed E-state index contributed by atoms with van der Waals surface area (Å²) in [6.07, 6.45) is 3.69. The Kier molecular flexibility index (Phi) is 6.15. The molecule has 4 amide bonds. The van der Waals surface area contributed by atoms with Crippen molar-refractivity contribution >= 4 is 23.6 Å². The molecule has 1 aromatic rings. The summed E-state index contributed by atoms with van der Waals surface area (Å²) < 4.78 is 0. The minimum atomic E-state index is -0.365. The number of aromatic hydroxyl groups is 1. The van der Waals surface area contributed by atoms with Crippen molar-refractivity contribution in [3.63, 3.8) is 0 Å². The van der Waals surface area contributed by atoms with Gasteiger partial charge in [-0.3, -0.25) is 29.0 Å². The fourth-order valence-electron chi connectivity index (χ4n) is 3.22. The van der Waals surface area contributed by atoms with Gasteiger partial charge >= 0.3 is 0 Å². The first-order valence-electron chi connectivity index (χ1n) is 9.02. The molecule has 2 heterocycles. The highest BCUT2D eigenvalue weighted by atomic mass is 16.3. The van der Waals surface area contributed by atoms with Gasteiger partial charge in [-0.1, -0.05) is 13.8 Å². The van der Waals surface area contributed by atoms with Gasteiger partial charge in [0.2, 0.25) is 0 Å². The standard InChI is InChI=1S/C9H7NO3.C9H11NO2.C2H6/c1-10-8(12)6-3-2-5(11)4-7(6)9(10)13;1-10-8(11)6-4-2-3-5-7(6)9(10)12;1-2/h2-4,11H,1H3;2-5H2,1H3;1-2H3. The van der Waals surface area contributed by atoms with Gasteiger partial charge in [0.1, 0.15) is 5.75 Å². The van der Waals surface area contributed by atoms with Crippen molar-refractivity contribution in [2.75, 3.05) is 14.1 Å². The van der Waals surface area contributed by atoms with Crippen LogP contribution in [-0.4, -0.2) is 52.6 Å². The fourth-order valence-corrected chi connectivity index (χ4v) is 3.22. The zero-order valence-corrected chi connectivity index (χ0v) is 16.0. The second-order valence-corrected chi connectivity index (χ2v) is 6.23. The Hall–Kier alpha value is -2.96. The second kappa shape index (κ2) is 8.16. The summed E-state index contributed by atoms with van der Waals surface area (Å²) in [7, 11) is 2.98. The van der Waals surface area contributed by atoms with Gasteiger partial charge in [0.25, 0.3) is 23.6 Å². The first kappa shape index (κ1) is 20.4. The number of phenols is 1. The van der Waals surface area contributed by atoms with Crippen molar-refractivity contribution in [3.05, 3.63) is 40.5 Å². The van der Waals surface area contributed by atoms with Gasteiger partial charge in [-0.25, -0.2) is 0 Å². The van der Waals surface area contributed by atoms with Crippen LogP contribution in [0.2, 0.25) is 0 Å². The molecule has 0 radical (unpaired) electrons. The van der Waals surface area contributed by atoms with Crippen LogP contribution in [0.15, 0.2) is 29.3 Å². The number of rotatable bonds is 0. The summed E-state index contributed by atoms with van der Waals surface area (Å²) in [6, 6.07) is 4.15. The zero-order chi connectivity index (χ0) is 20.3. The molecule has 1 aromatic carbocycles. The maximum absolute atomic E-state index is 11.4. The average Bonchev–Trinajstić information content (AvgIpc) is 3.05. The molecule has 2 aliphatic heterocycles.